The molecule has 3 amide bonds. The molecule has 6 nitrogen and oxygen atoms in total. The molecule has 1 saturated heterocycles. The van der Waals surface area contributed by atoms with Gasteiger partial charge in [-0.25, -0.2) is 0 Å². The van der Waals surface area contributed by atoms with Gasteiger partial charge in [0, 0.05) is 23.7 Å². The highest BCUT2D eigenvalue weighted by Crippen LogP contribution is 2.26. The SMILES string of the molecule is O=C(NCc1cccc(Cl)c1)c1ccc2c(c1)C(=O)N(CC1CCCO1)C2=O. The third-order valence-corrected chi connectivity index (χ3v) is 5.22. The summed E-state index contributed by atoms with van der Waals surface area (Å²) in [5, 5.41) is 3.40. The summed E-state index contributed by atoms with van der Waals surface area (Å²) in [4.78, 5) is 38.9. The maximum absolute atomic E-state index is 12.7. The summed E-state index contributed by atoms with van der Waals surface area (Å²) < 4.78 is 5.54. The molecular formula is C21H19ClN2O4. The summed E-state index contributed by atoms with van der Waals surface area (Å²) in [5.41, 5.74) is 1.80. The minimum Gasteiger partial charge on any atom is -0.376 e. The second-order valence-electron chi connectivity index (χ2n) is 6.93. The van der Waals surface area contributed by atoms with Crippen LogP contribution < -0.4 is 5.32 Å². The lowest BCUT2D eigenvalue weighted by atomic mass is 10.1. The van der Waals surface area contributed by atoms with E-state index in [9.17, 15) is 14.4 Å². The van der Waals surface area contributed by atoms with Gasteiger partial charge in [0.15, 0.2) is 0 Å². The fourth-order valence-corrected chi connectivity index (χ4v) is 3.73. The molecule has 2 aromatic carbocycles. The number of halogens is 1. The predicted molar refractivity (Wildman–Crippen MR) is 103 cm³/mol. The Morgan fingerprint density at radius 2 is 1.96 bits per heavy atom. The molecular weight excluding hydrogens is 380 g/mol. The second kappa shape index (κ2) is 7.73. The first-order valence-corrected chi connectivity index (χ1v) is 9.55. The molecule has 0 radical (unpaired) electrons. The van der Waals surface area contributed by atoms with Crippen LogP contribution >= 0.6 is 11.6 Å². The number of amides is 3. The highest BCUT2D eigenvalue weighted by Gasteiger charge is 2.37. The van der Waals surface area contributed by atoms with Crippen molar-refractivity contribution in [2.45, 2.75) is 25.5 Å². The molecule has 0 spiro atoms. The summed E-state index contributed by atoms with van der Waals surface area (Å²) >= 11 is 5.95. The van der Waals surface area contributed by atoms with Crippen molar-refractivity contribution in [1.82, 2.24) is 10.2 Å². The van der Waals surface area contributed by atoms with Gasteiger partial charge in [-0.2, -0.15) is 0 Å². The van der Waals surface area contributed by atoms with Crippen LogP contribution in [0.15, 0.2) is 42.5 Å². The monoisotopic (exact) mass is 398 g/mol. The van der Waals surface area contributed by atoms with Crippen LogP contribution in [-0.4, -0.2) is 41.9 Å². The first-order valence-electron chi connectivity index (χ1n) is 9.17. The van der Waals surface area contributed by atoms with Crippen molar-refractivity contribution >= 4 is 29.3 Å². The zero-order valence-electron chi connectivity index (χ0n) is 15.1. The number of hydrogen-bond donors (Lipinski definition) is 1. The van der Waals surface area contributed by atoms with Gasteiger partial charge < -0.3 is 10.1 Å². The van der Waals surface area contributed by atoms with Crippen molar-refractivity contribution in [2.24, 2.45) is 0 Å². The van der Waals surface area contributed by atoms with Crippen LogP contribution in [0.1, 0.15) is 49.5 Å². The third kappa shape index (κ3) is 3.66. The van der Waals surface area contributed by atoms with E-state index in [1.54, 1.807) is 24.3 Å². The Morgan fingerprint density at radius 3 is 2.71 bits per heavy atom. The lowest BCUT2D eigenvalue weighted by Gasteiger charge is -2.17. The number of nitrogens with zero attached hydrogens (tertiary/aromatic N) is 1. The Hall–Kier alpha value is -2.70. The van der Waals surface area contributed by atoms with Gasteiger partial charge >= 0.3 is 0 Å². The Kier molecular flexibility index (Phi) is 5.15. The largest absolute Gasteiger partial charge is 0.376 e. The molecule has 1 fully saturated rings. The summed E-state index contributed by atoms with van der Waals surface area (Å²) in [6, 6.07) is 11.8. The lowest BCUT2D eigenvalue weighted by Crippen LogP contribution is -2.36. The highest BCUT2D eigenvalue weighted by atomic mass is 35.5. The molecule has 0 bridgehead atoms. The number of rotatable bonds is 5. The number of imide groups is 1. The number of ether oxygens (including phenoxy) is 1. The summed E-state index contributed by atoms with van der Waals surface area (Å²) in [6.07, 6.45) is 1.66. The van der Waals surface area contributed by atoms with E-state index in [2.05, 4.69) is 5.32 Å². The summed E-state index contributed by atoms with van der Waals surface area (Å²) in [7, 11) is 0. The van der Waals surface area contributed by atoms with E-state index in [4.69, 9.17) is 16.3 Å². The molecule has 0 aromatic heterocycles. The van der Waals surface area contributed by atoms with Crippen molar-refractivity contribution in [1.29, 1.82) is 0 Å². The number of carbonyl (C=O) groups excluding carboxylic acids is 3. The van der Waals surface area contributed by atoms with Crippen LogP contribution in [-0.2, 0) is 11.3 Å². The zero-order chi connectivity index (χ0) is 19.7. The average Bonchev–Trinajstić information content (AvgIpc) is 3.29. The van der Waals surface area contributed by atoms with E-state index in [1.165, 1.54) is 11.0 Å². The number of fused-ring (bicyclic) bond motifs is 1. The fourth-order valence-electron chi connectivity index (χ4n) is 3.52. The zero-order valence-corrected chi connectivity index (χ0v) is 15.9. The van der Waals surface area contributed by atoms with Gasteiger partial charge in [-0.3, -0.25) is 19.3 Å². The van der Waals surface area contributed by atoms with E-state index in [0.717, 1.165) is 18.4 Å². The molecule has 2 aliphatic heterocycles. The Bertz CT molecular complexity index is 953. The molecule has 0 saturated carbocycles. The minimum absolute atomic E-state index is 0.109. The van der Waals surface area contributed by atoms with Crippen LogP contribution in [0.25, 0.3) is 0 Å². The van der Waals surface area contributed by atoms with Gasteiger partial charge in [-0.05, 0) is 48.7 Å². The lowest BCUT2D eigenvalue weighted by molar-refractivity contribution is 0.0475. The summed E-state index contributed by atoms with van der Waals surface area (Å²) in [5.74, 6) is -1.03. The highest BCUT2D eigenvalue weighted by molar-refractivity contribution is 6.30. The van der Waals surface area contributed by atoms with Crippen LogP contribution in [0.5, 0.6) is 0 Å². The van der Waals surface area contributed by atoms with E-state index in [1.807, 2.05) is 12.1 Å². The maximum atomic E-state index is 12.7. The molecule has 144 valence electrons. The molecule has 1 unspecified atom stereocenters. The average molecular weight is 399 g/mol. The first-order chi connectivity index (χ1) is 13.5. The predicted octanol–water partition coefficient (Wildman–Crippen LogP) is 3.05. The molecule has 2 aromatic rings. The molecule has 28 heavy (non-hydrogen) atoms. The third-order valence-electron chi connectivity index (χ3n) is 4.99. The maximum Gasteiger partial charge on any atom is 0.261 e. The van der Waals surface area contributed by atoms with Gasteiger partial charge in [0.25, 0.3) is 17.7 Å². The molecule has 4 rings (SSSR count). The van der Waals surface area contributed by atoms with Crippen LogP contribution in [0.4, 0.5) is 0 Å². The quantitative estimate of drug-likeness (QED) is 0.785. The van der Waals surface area contributed by atoms with Crippen molar-refractivity contribution in [3.63, 3.8) is 0 Å². The number of hydrogen-bond acceptors (Lipinski definition) is 4. The number of benzene rings is 2. The van der Waals surface area contributed by atoms with E-state index >= 15 is 0 Å². The molecule has 0 aliphatic carbocycles. The van der Waals surface area contributed by atoms with Crippen molar-refractivity contribution in [3.05, 3.63) is 69.7 Å². The molecule has 2 aliphatic rings. The van der Waals surface area contributed by atoms with Gasteiger partial charge in [-0.1, -0.05) is 23.7 Å². The number of nitrogens with one attached hydrogen (secondary N) is 1. The van der Waals surface area contributed by atoms with E-state index in [0.29, 0.717) is 29.3 Å². The summed E-state index contributed by atoms with van der Waals surface area (Å²) in [6.45, 7) is 1.22. The minimum atomic E-state index is -0.375. The normalized spacial score (nSPS) is 18.5. The van der Waals surface area contributed by atoms with Crippen molar-refractivity contribution in [3.8, 4) is 0 Å². The molecule has 1 N–H and O–H groups in total. The Labute approximate surface area is 167 Å². The molecule has 2 heterocycles. The number of carbonyl (C=O) groups is 3. The van der Waals surface area contributed by atoms with Gasteiger partial charge in [0.1, 0.15) is 0 Å². The van der Waals surface area contributed by atoms with Gasteiger partial charge in [0.2, 0.25) is 0 Å². The van der Waals surface area contributed by atoms with E-state index < -0.39 is 0 Å². The van der Waals surface area contributed by atoms with Crippen molar-refractivity contribution in [2.75, 3.05) is 13.2 Å². The topological polar surface area (TPSA) is 75.7 Å². The first kappa shape index (κ1) is 18.7. The van der Waals surface area contributed by atoms with E-state index in [-0.39, 0.29) is 35.9 Å². The Morgan fingerprint density at radius 1 is 1.14 bits per heavy atom. The smallest absolute Gasteiger partial charge is 0.261 e. The van der Waals surface area contributed by atoms with Crippen LogP contribution in [0.3, 0.4) is 0 Å². The fraction of sp³-hybridized carbons (Fsp3) is 0.286. The second-order valence-corrected chi connectivity index (χ2v) is 7.37. The van der Waals surface area contributed by atoms with Crippen LogP contribution in [0.2, 0.25) is 5.02 Å². The van der Waals surface area contributed by atoms with Crippen LogP contribution in [0, 0.1) is 0 Å². The molecule has 1 atom stereocenters. The Balaban J connectivity index is 1.47. The van der Waals surface area contributed by atoms with Crippen molar-refractivity contribution < 1.29 is 19.1 Å². The van der Waals surface area contributed by atoms with Gasteiger partial charge in [-0.15, -0.1) is 0 Å². The standard InChI is InChI=1S/C21H19ClN2O4/c22-15-4-1-3-13(9-15)11-23-19(25)14-6-7-17-18(10-14)21(27)24(20(17)26)12-16-5-2-8-28-16/h1,3-4,6-7,9-10,16H,2,5,8,11-12H2,(H,23,25). The molecule has 7 heteroatoms. The van der Waals surface area contributed by atoms with Gasteiger partial charge in [0.05, 0.1) is 23.8 Å².